The number of cyclic esters (lactones) is 1. The normalized spacial score (nSPS) is 21.4. The molecule has 106 valence electrons. The van der Waals surface area contributed by atoms with Crippen molar-refractivity contribution in [1.82, 2.24) is 0 Å². The smallest absolute Gasteiger partial charge is 0.347 e. The number of benzene rings is 1. The van der Waals surface area contributed by atoms with Gasteiger partial charge in [0.25, 0.3) is 5.69 Å². The predicted molar refractivity (Wildman–Crippen MR) is 67.5 cm³/mol. The van der Waals surface area contributed by atoms with Crippen LogP contribution < -0.4 is 0 Å². The highest BCUT2D eigenvalue weighted by Crippen LogP contribution is 2.25. The maximum Gasteiger partial charge on any atom is 0.347 e. The molecule has 1 aliphatic rings. The number of carbonyl (C=O) groups is 2. The number of hydrogen-bond acceptors (Lipinski definition) is 6. The van der Waals surface area contributed by atoms with Gasteiger partial charge in [0, 0.05) is 18.6 Å². The number of halogens is 1. The zero-order valence-electron chi connectivity index (χ0n) is 10.4. The summed E-state index contributed by atoms with van der Waals surface area (Å²) in [6, 6.07) is 3.37. The van der Waals surface area contributed by atoms with Gasteiger partial charge in [0.05, 0.1) is 15.5 Å². The van der Waals surface area contributed by atoms with Crippen LogP contribution in [0.25, 0.3) is 0 Å². The molecule has 7 nitrogen and oxygen atoms in total. The molecule has 1 saturated heterocycles. The van der Waals surface area contributed by atoms with E-state index in [2.05, 4.69) is 0 Å². The Morgan fingerprint density at radius 2 is 2.25 bits per heavy atom. The molecule has 0 spiro atoms. The summed E-state index contributed by atoms with van der Waals surface area (Å²) in [4.78, 5) is 33.2. The van der Waals surface area contributed by atoms with Gasteiger partial charge in [-0.2, -0.15) is 0 Å². The minimum Gasteiger partial charge on any atom is -0.460 e. The van der Waals surface area contributed by atoms with Crippen molar-refractivity contribution < 1.29 is 24.0 Å². The zero-order valence-corrected chi connectivity index (χ0v) is 11.1. The van der Waals surface area contributed by atoms with Gasteiger partial charge < -0.3 is 9.47 Å². The first-order valence-corrected chi connectivity index (χ1v) is 6.11. The molecule has 1 aromatic carbocycles. The monoisotopic (exact) mass is 299 g/mol. The van der Waals surface area contributed by atoms with Crippen molar-refractivity contribution in [3.8, 4) is 0 Å². The van der Waals surface area contributed by atoms with Gasteiger partial charge in [0.15, 0.2) is 0 Å². The number of rotatable bonds is 3. The first-order valence-electron chi connectivity index (χ1n) is 5.74. The van der Waals surface area contributed by atoms with Crippen LogP contribution in [0.2, 0.25) is 5.02 Å². The fraction of sp³-hybridized carbons (Fsp3) is 0.333. The van der Waals surface area contributed by atoms with Crippen LogP contribution in [0.15, 0.2) is 18.2 Å². The molecule has 1 heterocycles. The van der Waals surface area contributed by atoms with E-state index in [1.54, 1.807) is 6.92 Å². The SMILES string of the molecule is C[C@@H]1C[C@@H](OC(=O)c2ccc([N+](=O)[O-])cc2Cl)C(=O)O1. The molecule has 8 heteroatoms. The highest BCUT2D eigenvalue weighted by Gasteiger charge is 2.35. The van der Waals surface area contributed by atoms with Crippen LogP contribution in [0.3, 0.4) is 0 Å². The molecule has 0 aliphatic carbocycles. The number of nitro groups is 1. The molecule has 0 radical (unpaired) electrons. The summed E-state index contributed by atoms with van der Waals surface area (Å²) in [7, 11) is 0. The van der Waals surface area contributed by atoms with Gasteiger partial charge in [-0.15, -0.1) is 0 Å². The Labute approximate surface area is 118 Å². The molecule has 0 unspecified atom stereocenters. The van der Waals surface area contributed by atoms with Crippen LogP contribution in [0.1, 0.15) is 23.7 Å². The van der Waals surface area contributed by atoms with Crippen LogP contribution in [0, 0.1) is 10.1 Å². The molecule has 0 bridgehead atoms. The largest absolute Gasteiger partial charge is 0.460 e. The second-order valence-corrected chi connectivity index (χ2v) is 4.71. The minimum atomic E-state index is -0.969. The standard InChI is InChI=1S/C12H10ClNO6/c1-6-4-10(12(16)19-6)20-11(15)8-3-2-7(14(17)18)5-9(8)13/h2-3,5-6,10H,4H2,1H3/t6-,10-/m1/s1. The van der Waals surface area contributed by atoms with E-state index in [1.165, 1.54) is 6.07 Å². The number of nitrogens with zero attached hydrogens (tertiary/aromatic N) is 1. The van der Waals surface area contributed by atoms with Gasteiger partial charge in [-0.05, 0) is 13.0 Å². The molecule has 2 rings (SSSR count). The van der Waals surface area contributed by atoms with Crippen LogP contribution in [0.4, 0.5) is 5.69 Å². The van der Waals surface area contributed by atoms with Crippen molar-refractivity contribution in [2.24, 2.45) is 0 Å². The molecule has 0 N–H and O–H groups in total. The predicted octanol–water partition coefficient (Wildman–Crippen LogP) is 2.11. The first-order chi connectivity index (χ1) is 9.38. The van der Waals surface area contributed by atoms with E-state index in [0.717, 1.165) is 12.1 Å². The quantitative estimate of drug-likeness (QED) is 0.482. The Hall–Kier alpha value is -2.15. The molecule has 0 aromatic heterocycles. The third-order valence-corrected chi connectivity index (χ3v) is 3.07. The summed E-state index contributed by atoms with van der Waals surface area (Å²) in [5.74, 6) is -1.43. The van der Waals surface area contributed by atoms with E-state index in [-0.39, 0.29) is 28.8 Å². The number of hydrogen-bond donors (Lipinski definition) is 0. The van der Waals surface area contributed by atoms with E-state index in [0.29, 0.717) is 0 Å². The van der Waals surface area contributed by atoms with Crippen LogP contribution in [-0.4, -0.2) is 29.1 Å². The van der Waals surface area contributed by atoms with E-state index in [1.807, 2.05) is 0 Å². The van der Waals surface area contributed by atoms with Crippen molar-refractivity contribution >= 4 is 29.2 Å². The molecule has 1 fully saturated rings. The summed E-state index contributed by atoms with van der Waals surface area (Å²) >= 11 is 5.80. The van der Waals surface area contributed by atoms with E-state index < -0.39 is 23.0 Å². The molecular formula is C12H10ClNO6. The second kappa shape index (κ2) is 5.46. The Balaban J connectivity index is 2.14. The Kier molecular flexibility index (Phi) is 3.89. The Morgan fingerprint density at radius 1 is 1.55 bits per heavy atom. The van der Waals surface area contributed by atoms with Crippen molar-refractivity contribution in [2.75, 3.05) is 0 Å². The van der Waals surface area contributed by atoms with Gasteiger partial charge in [-0.3, -0.25) is 10.1 Å². The number of non-ortho nitro benzene ring substituents is 1. The summed E-state index contributed by atoms with van der Waals surface area (Å²) in [6.45, 7) is 1.69. The van der Waals surface area contributed by atoms with Crippen molar-refractivity contribution in [3.05, 3.63) is 38.9 Å². The third kappa shape index (κ3) is 2.88. The average Bonchev–Trinajstić information content (AvgIpc) is 2.67. The fourth-order valence-corrected chi connectivity index (χ4v) is 2.04. The summed E-state index contributed by atoms with van der Waals surface area (Å²) in [5.41, 5.74) is -0.273. The van der Waals surface area contributed by atoms with Crippen molar-refractivity contribution in [3.63, 3.8) is 0 Å². The second-order valence-electron chi connectivity index (χ2n) is 4.30. The van der Waals surface area contributed by atoms with Crippen LogP contribution in [0.5, 0.6) is 0 Å². The zero-order chi connectivity index (χ0) is 14.9. The summed E-state index contributed by atoms with van der Waals surface area (Å²) in [5, 5.41) is 10.5. The maximum atomic E-state index is 11.9. The Bertz CT molecular complexity index is 587. The lowest BCUT2D eigenvalue weighted by atomic mass is 10.2. The number of esters is 2. The fourth-order valence-electron chi connectivity index (χ4n) is 1.79. The first kappa shape index (κ1) is 14.3. The van der Waals surface area contributed by atoms with Crippen molar-refractivity contribution in [1.29, 1.82) is 0 Å². The van der Waals surface area contributed by atoms with Gasteiger partial charge in [-0.25, -0.2) is 9.59 Å². The molecular weight excluding hydrogens is 290 g/mol. The van der Waals surface area contributed by atoms with Gasteiger partial charge in [0.1, 0.15) is 6.10 Å². The molecule has 1 aliphatic heterocycles. The molecule has 0 saturated carbocycles. The number of carbonyl (C=O) groups excluding carboxylic acids is 2. The highest BCUT2D eigenvalue weighted by atomic mass is 35.5. The number of ether oxygens (including phenoxy) is 2. The third-order valence-electron chi connectivity index (χ3n) is 2.76. The highest BCUT2D eigenvalue weighted by molar-refractivity contribution is 6.33. The molecule has 2 atom stereocenters. The summed E-state index contributed by atoms with van der Waals surface area (Å²) in [6.07, 6.45) is -1.01. The topological polar surface area (TPSA) is 95.7 Å². The van der Waals surface area contributed by atoms with E-state index in [4.69, 9.17) is 21.1 Å². The summed E-state index contributed by atoms with van der Waals surface area (Å²) < 4.78 is 9.85. The number of nitro benzene ring substituents is 1. The van der Waals surface area contributed by atoms with Gasteiger partial charge in [-0.1, -0.05) is 11.6 Å². The van der Waals surface area contributed by atoms with Gasteiger partial charge >= 0.3 is 11.9 Å². The lowest BCUT2D eigenvalue weighted by molar-refractivity contribution is -0.384. The average molecular weight is 300 g/mol. The van der Waals surface area contributed by atoms with Gasteiger partial charge in [0.2, 0.25) is 6.10 Å². The maximum absolute atomic E-state index is 11.9. The Morgan fingerprint density at radius 3 is 2.75 bits per heavy atom. The van der Waals surface area contributed by atoms with Crippen molar-refractivity contribution in [2.45, 2.75) is 25.6 Å². The van der Waals surface area contributed by atoms with E-state index >= 15 is 0 Å². The molecule has 0 amide bonds. The van der Waals surface area contributed by atoms with Crippen LogP contribution in [-0.2, 0) is 14.3 Å². The molecule has 20 heavy (non-hydrogen) atoms. The van der Waals surface area contributed by atoms with Crippen LogP contribution >= 0.6 is 11.6 Å². The lowest BCUT2D eigenvalue weighted by Gasteiger charge is -2.09. The molecule has 1 aromatic rings. The lowest BCUT2D eigenvalue weighted by Crippen LogP contribution is -2.22. The minimum absolute atomic E-state index is 0.0374. The van der Waals surface area contributed by atoms with E-state index in [9.17, 15) is 19.7 Å².